The number of hydrogen-bond donors (Lipinski definition) is 0. The number of benzene rings is 4. The van der Waals surface area contributed by atoms with Gasteiger partial charge in [-0.05, 0) is 95.7 Å². The molecule has 2 heteroatoms. The fourth-order valence-electron chi connectivity index (χ4n) is 9.27. The predicted molar refractivity (Wildman–Crippen MR) is 225 cm³/mol. The Morgan fingerprint density at radius 3 is 1.65 bits per heavy atom. The molecule has 0 aromatic heterocycles. The summed E-state index contributed by atoms with van der Waals surface area (Å²) in [5.74, 6) is 0.505. The Kier molecular flexibility index (Phi) is 11.4. The van der Waals surface area contributed by atoms with Crippen LogP contribution in [0.3, 0.4) is 0 Å². The van der Waals surface area contributed by atoms with Gasteiger partial charge in [0.2, 0.25) is 0 Å². The minimum absolute atomic E-state index is 0.144. The van der Waals surface area contributed by atoms with E-state index in [-0.39, 0.29) is 5.60 Å². The second kappa shape index (κ2) is 15.6. The highest BCUT2D eigenvalue weighted by molar-refractivity contribution is 6.84. The van der Waals surface area contributed by atoms with Gasteiger partial charge < -0.3 is 4.74 Å². The first-order valence-corrected chi connectivity index (χ1v) is 22.6. The van der Waals surface area contributed by atoms with Crippen molar-refractivity contribution in [1.82, 2.24) is 0 Å². The van der Waals surface area contributed by atoms with Crippen molar-refractivity contribution in [2.75, 3.05) is 0 Å². The van der Waals surface area contributed by atoms with E-state index < -0.39 is 8.07 Å². The van der Waals surface area contributed by atoms with E-state index in [9.17, 15) is 0 Å². The van der Waals surface area contributed by atoms with Crippen molar-refractivity contribution >= 4 is 20.2 Å². The van der Waals surface area contributed by atoms with Crippen LogP contribution >= 0.6 is 0 Å². The van der Waals surface area contributed by atoms with Crippen LogP contribution in [0.25, 0.3) is 34.4 Å². The molecule has 268 valence electrons. The summed E-state index contributed by atoms with van der Waals surface area (Å²) >= 11 is 0. The molecule has 0 aliphatic heterocycles. The molecule has 2 unspecified atom stereocenters. The van der Waals surface area contributed by atoms with Gasteiger partial charge in [0, 0.05) is 11.1 Å². The van der Waals surface area contributed by atoms with Gasteiger partial charge in [-0.25, -0.2) is 0 Å². The van der Waals surface area contributed by atoms with Gasteiger partial charge >= 0.3 is 0 Å². The highest BCUT2D eigenvalue weighted by atomic mass is 28.3. The van der Waals surface area contributed by atoms with Gasteiger partial charge in [-0.15, -0.1) is 0 Å². The van der Waals surface area contributed by atoms with E-state index in [1.54, 1.807) is 22.3 Å². The molecule has 0 heterocycles. The van der Waals surface area contributed by atoms with Gasteiger partial charge in [-0.2, -0.15) is 0 Å². The van der Waals surface area contributed by atoms with Crippen LogP contribution in [0.5, 0.6) is 0 Å². The number of allylic oxidation sites excluding steroid dienone is 2. The monoisotopic (exact) mass is 694 g/mol. The fourth-order valence-corrected chi connectivity index (χ4v) is 16.8. The average molecular weight is 695 g/mol. The summed E-state index contributed by atoms with van der Waals surface area (Å²) in [7, 11) is -2.12. The predicted octanol–water partition coefficient (Wildman–Crippen LogP) is 14.4. The van der Waals surface area contributed by atoms with Gasteiger partial charge in [0.15, 0.2) is 0 Å². The highest BCUT2D eigenvalue weighted by Gasteiger charge is 2.53. The zero-order chi connectivity index (χ0) is 36.3. The molecule has 2 aliphatic rings. The maximum Gasteiger partial charge on any atom is 0.0782 e. The maximum absolute atomic E-state index is 6.10. The smallest absolute Gasteiger partial charge is 0.0782 e. The number of fused-ring (bicyclic) bond motifs is 2. The molecule has 6 rings (SSSR count). The van der Waals surface area contributed by atoms with Crippen LogP contribution < -0.4 is 0 Å². The van der Waals surface area contributed by atoms with Crippen molar-refractivity contribution in [2.24, 2.45) is 5.92 Å². The average Bonchev–Trinajstić information content (AvgIpc) is 3.70. The van der Waals surface area contributed by atoms with Crippen LogP contribution in [0, 0.1) is 5.92 Å². The molecular weight excluding hydrogens is 633 g/mol. The SMILES string of the molecule is CCCC[Si](CCCC)(C1C(C)=Cc2c(-c3ccc(COC(C)(C)C)cc3)cccc21)C1C(C(C)C)=Cc2c(-c3ccc(CC)cc3)cccc21. The van der Waals surface area contributed by atoms with Crippen LogP contribution in [0.2, 0.25) is 12.1 Å². The van der Waals surface area contributed by atoms with E-state index in [1.807, 2.05) is 0 Å². The standard InChI is InChI=1S/C49H62OSi/c1-10-13-29-51(30-14-11-2,48-43-20-16-18-41(46(43)32-44(48)34(4)5)38-25-21-36(12-3)22-26-38)47-35(6)31-45-40(17-15-19-42(45)47)39-27-23-37(24-28-39)33-50-49(7,8)9/h15-28,31-32,34,47-48H,10-14,29-30,33H2,1-9H3. The molecule has 0 bridgehead atoms. The number of hydrogen-bond acceptors (Lipinski definition) is 1. The molecule has 4 aromatic carbocycles. The van der Waals surface area contributed by atoms with Crippen LogP contribution in [-0.4, -0.2) is 13.7 Å². The van der Waals surface area contributed by atoms with E-state index in [4.69, 9.17) is 4.74 Å². The first kappa shape index (κ1) is 37.3. The van der Waals surface area contributed by atoms with Gasteiger partial charge in [0.25, 0.3) is 0 Å². The van der Waals surface area contributed by atoms with Crippen LogP contribution in [-0.2, 0) is 17.8 Å². The molecular formula is C49H62OSi. The molecule has 0 saturated heterocycles. The molecule has 0 fully saturated rings. The lowest BCUT2D eigenvalue weighted by atomic mass is 9.96. The molecule has 4 aromatic rings. The second-order valence-corrected chi connectivity index (χ2v) is 21.4. The van der Waals surface area contributed by atoms with E-state index in [1.165, 1.54) is 82.3 Å². The Morgan fingerprint density at radius 1 is 0.647 bits per heavy atom. The fraction of sp³-hybridized carbons (Fsp3) is 0.429. The Labute approximate surface area is 311 Å². The summed E-state index contributed by atoms with van der Waals surface area (Å²) in [4.78, 5) is 0. The van der Waals surface area contributed by atoms with Crippen molar-refractivity contribution < 1.29 is 4.74 Å². The third-order valence-corrected chi connectivity index (χ3v) is 18.1. The van der Waals surface area contributed by atoms with E-state index in [0.717, 1.165) is 6.42 Å². The van der Waals surface area contributed by atoms with Crippen LogP contribution in [0.1, 0.15) is 132 Å². The highest BCUT2D eigenvalue weighted by Crippen LogP contribution is 2.59. The molecule has 0 amide bonds. The van der Waals surface area contributed by atoms with Crippen LogP contribution in [0.15, 0.2) is 96.1 Å². The number of unbranched alkanes of at least 4 members (excludes halogenated alkanes) is 2. The third kappa shape index (κ3) is 7.55. The van der Waals surface area contributed by atoms with E-state index in [2.05, 4.69) is 159 Å². The number of ether oxygens (including phenoxy) is 1. The lowest BCUT2D eigenvalue weighted by Gasteiger charge is -2.46. The minimum Gasteiger partial charge on any atom is -0.371 e. The molecule has 51 heavy (non-hydrogen) atoms. The molecule has 0 saturated carbocycles. The molecule has 0 N–H and O–H groups in total. The number of rotatable bonds is 14. The summed E-state index contributed by atoms with van der Waals surface area (Å²) in [6.07, 6.45) is 11.4. The molecule has 2 aliphatic carbocycles. The number of aryl methyl sites for hydroxylation is 1. The second-order valence-electron chi connectivity index (χ2n) is 16.8. The summed E-state index contributed by atoms with van der Waals surface area (Å²) in [6.45, 7) is 21.4. The zero-order valence-corrected chi connectivity index (χ0v) is 34.0. The zero-order valence-electron chi connectivity index (χ0n) is 33.0. The largest absolute Gasteiger partial charge is 0.371 e. The van der Waals surface area contributed by atoms with Crippen molar-refractivity contribution in [3.05, 3.63) is 129 Å². The molecule has 0 radical (unpaired) electrons. The first-order chi connectivity index (χ1) is 24.5. The van der Waals surface area contributed by atoms with Gasteiger partial charge in [0.05, 0.1) is 20.3 Å². The van der Waals surface area contributed by atoms with E-state index >= 15 is 0 Å². The minimum atomic E-state index is -2.12. The lowest BCUT2D eigenvalue weighted by Crippen LogP contribution is -2.49. The Hall–Kier alpha value is -3.46. The van der Waals surface area contributed by atoms with Crippen molar-refractivity contribution in [3.63, 3.8) is 0 Å². The lowest BCUT2D eigenvalue weighted by molar-refractivity contribution is -0.0149. The molecule has 2 atom stereocenters. The van der Waals surface area contributed by atoms with Gasteiger partial charge in [-0.3, -0.25) is 0 Å². The normalized spacial score (nSPS) is 17.1. The summed E-state index contributed by atoms with van der Waals surface area (Å²) in [6, 6.07) is 35.7. The Morgan fingerprint density at radius 2 is 1.16 bits per heavy atom. The quantitative estimate of drug-likeness (QED) is 0.119. The van der Waals surface area contributed by atoms with Crippen molar-refractivity contribution in [1.29, 1.82) is 0 Å². The van der Waals surface area contributed by atoms with Crippen molar-refractivity contribution in [2.45, 2.75) is 130 Å². The first-order valence-electron chi connectivity index (χ1n) is 20.0. The van der Waals surface area contributed by atoms with Crippen LogP contribution in [0.4, 0.5) is 0 Å². The van der Waals surface area contributed by atoms with Gasteiger partial charge in [0.1, 0.15) is 0 Å². The summed E-state index contributed by atoms with van der Waals surface area (Å²) in [5, 5.41) is 0. The summed E-state index contributed by atoms with van der Waals surface area (Å²) < 4.78 is 6.10. The maximum atomic E-state index is 6.10. The summed E-state index contributed by atoms with van der Waals surface area (Å²) in [5.41, 5.74) is 18.4. The van der Waals surface area contributed by atoms with Crippen molar-refractivity contribution in [3.8, 4) is 22.3 Å². The topological polar surface area (TPSA) is 9.23 Å². The van der Waals surface area contributed by atoms with E-state index in [0.29, 0.717) is 23.6 Å². The Bertz CT molecular complexity index is 1860. The van der Waals surface area contributed by atoms with Gasteiger partial charge in [-0.1, -0.05) is 181 Å². The molecule has 0 spiro atoms. The Balaban J connectivity index is 1.49. The molecule has 1 nitrogen and oxygen atoms in total. The third-order valence-electron chi connectivity index (χ3n) is 11.8.